The van der Waals surface area contributed by atoms with Crippen LogP contribution in [0.2, 0.25) is 0 Å². The fraction of sp³-hybridized carbons (Fsp3) is 0.643. The number of rotatable bonds is 4. The topological polar surface area (TPSA) is 79.6 Å². The number of carboxylic acids is 1. The summed E-state index contributed by atoms with van der Waals surface area (Å²) in [4.78, 5) is 11.3. The third kappa shape index (κ3) is 2.85. The summed E-state index contributed by atoms with van der Waals surface area (Å²) >= 11 is 0. The van der Waals surface area contributed by atoms with E-state index in [1.54, 1.807) is 6.92 Å². The smallest absolute Gasteiger partial charge is 0.352 e. The van der Waals surface area contributed by atoms with Gasteiger partial charge in [0.2, 0.25) is 10.0 Å². The van der Waals surface area contributed by atoms with Crippen molar-refractivity contribution < 1.29 is 18.3 Å². The first-order valence-electron chi connectivity index (χ1n) is 7.26. The van der Waals surface area contributed by atoms with E-state index < -0.39 is 16.0 Å². The van der Waals surface area contributed by atoms with Gasteiger partial charge in [-0.05, 0) is 39.7 Å². The van der Waals surface area contributed by atoms with E-state index in [1.165, 1.54) is 21.1 Å². The number of aromatic nitrogens is 1. The number of piperidine rings is 1. The Kier molecular flexibility index (Phi) is 4.43. The number of aryl methyl sites for hydroxylation is 1. The molecule has 1 aliphatic heterocycles. The van der Waals surface area contributed by atoms with Crippen LogP contribution in [-0.2, 0) is 16.6 Å². The van der Waals surface area contributed by atoms with Crippen molar-refractivity contribution in [2.75, 3.05) is 0 Å². The van der Waals surface area contributed by atoms with E-state index in [4.69, 9.17) is 5.11 Å². The molecule has 1 N–H and O–H groups in total. The van der Waals surface area contributed by atoms with E-state index in [9.17, 15) is 13.2 Å². The van der Waals surface area contributed by atoms with Gasteiger partial charge >= 0.3 is 5.97 Å². The van der Waals surface area contributed by atoms with Crippen LogP contribution in [0.4, 0.5) is 0 Å². The number of hydrogen-bond donors (Lipinski definition) is 1. The molecule has 6 nitrogen and oxygen atoms in total. The second kappa shape index (κ2) is 5.81. The van der Waals surface area contributed by atoms with Gasteiger partial charge in [0.15, 0.2) is 0 Å². The van der Waals surface area contributed by atoms with Crippen molar-refractivity contribution >= 4 is 16.0 Å². The standard InChI is InChI=1S/C14H22N2O4S/c1-4-15-9-12(8-13(15)14(17)18)21(19,20)16-10(2)6-5-7-11(16)3/h8-11H,4-7H2,1-3H3,(H,17,18). The van der Waals surface area contributed by atoms with E-state index in [2.05, 4.69) is 0 Å². The average molecular weight is 314 g/mol. The van der Waals surface area contributed by atoms with Gasteiger partial charge in [-0.3, -0.25) is 0 Å². The molecule has 0 aromatic carbocycles. The molecule has 118 valence electrons. The van der Waals surface area contributed by atoms with Crippen LogP contribution in [0, 0.1) is 0 Å². The summed E-state index contributed by atoms with van der Waals surface area (Å²) in [5.74, 6) is -1.11. The zero-order valence-electron chi connectivity index (χ0n) is 12.6. The molecule has 0 aliphatic carbocycles. The summed E-state index contributed by atoms with van der Waals surface area (Å²) < 4.78 is 28.6. The summed E-state index contributed by atoms with van der Waals surface area (Å²) in [5.41, 5.74) is 0.00777. The van der Waals surface area contributed by atoms with Gasteiger partial charge in [-0.15, -0.1) is 0 Å². The molecule has 2 atom stereocenters. The quantitative estimate of drug-likeness (QED) is 0.923. The minimum absolute atomic E-state index is 0.00777. The number of carboxylic acid groups (broad SMARTS) is 1. The SMILES string of the molecule is CCn1cc(S(=O)(=O)N2C(C)CCCC2C)cc1C(=O)O. The Morgan fingerprint density at radius 1 is 1.33 bits per heavy atom. The summed E-state index contributed by atoms with van der Waals surface area (Å²) in [6.45, 7) is 6.02. The minimum Gasteiger partial charge on any atom is -0.477 e. The fourth-order valence-corrected chi connectivity index (χ4v) is 4.98. The van der Waals surface area contributed by atoms with E-state index >= 15 is 0 Å². The number of sulfonamides is 1. The molecule has 0 bridgehead atoms. The molecule has 1 aromatic heterocycles. The molecular formula is C14H22N2O4S. The van der Waals surface area contributed by atoms with Crippen LogP contribution in [-0.4, -0.2) is 40.4 Å². The highest BCUT2D eigenvalue weighted by atomic mass is 32.2. The molecule has 1 aromatic rings. The lowest BCUT2D eigenvalue weighted by Crippen LogP contribution is -2.47. The van der Waals surface area contributed by atoms with E-state index in [0.717, 1.165) is 19.3 Å². The molecule has 21 heavy (non-hydrogen) atoms. The van der Waals surface area contributed by atoms with Gasteiger partial charge in [-0.2, -0.15) is 4.31 Å². The molecule has 0 amide bonds. The van der Waals surface area contributed by atoms with E-state index in [0.29, 0.717) is 6.54 Å². The van der Waals surface area contributed by atoms with Crippen molar-refractivity contribution in [3.63, 3.8) is 0 Å². The summed E-state index contributed by atoms with van der Waals surface area (Å²) in [6.07, 6.45) is 4.12. The summed E-state index contributed by atoms with van der Waals surface area (Å²) in [7, 11) is -3.66. The minimum atomic E-state index is -3.66. The molecule has 2 rings (SSSR count). The Morgan fingerprint density at radius 2 is 1.90 bits per heavy atom. The first kappa shape index (κ1) is 16.0. The van der Waals surface area contributed by atoms with Crippen molar-refractivity contribution in [2.24, 2.45) is 0 Å². The summed E-state index contributed by atoms with van der Waals surface area (Å²) in [6, 6.07) is 1.14. The second-order valence-electron chi connectivity index (χ2n) is 5.62. The third-order valence-corrected chi connectivity index (χ3v) is 6.21. The van der Waals surface area contributed by atoms with Gasteiger partial charge in [-0.1, -0.05) is 6.42 Å². The molecule has 1 aliphatic rings. The fourth-order valence-electron chi connectivity index (χ4n) is 3.06. The Hall–Kier alpha value is -1.34. The molecule has 7 heteroatoms. The highest BCUT2D eigenvalue weighted by Crippen LogP contribution is 2.30. The summed E-state index contributed by atoms with van der Waals surface area (Å²) in [5, 5.41) is 9.16. The maximum atomic E-state index is 12.8. The van der Waals surface area contributed by atoms with Crippen LogP contribution in [0.15, 0.2) is 17.2 Å². The maximum Gasteiger partial charge on any atom is 0.352 e. The monoisotopic (exact) mass is 314 g/mol. The van der Waals surface area contributed by atoms with Gasteiger partial charge in [0.1, 0.15) is 10.6 Å². The lowest BCUT2D eigenvalue weighted by molar-refractivity contribution is 0.0685. The second-order valence-corrected chi connectivity index (χ2v) is 7.46. The van der Waals surface area contributed by atoms with Crippen molar-refractivity contribution in [3.8, 4) is 0 Å². The number of nitrogens with zero attached hydrogens (tertiary/aromatic N) is 2. The van der Waals surface area contributed by atoms with Crippen LogP contribution in [0.25, 0.3) is 0 Å². The molecule has 2 unspecified atom stereocenters. The largest absolute Gasteiger partial charge is 0.477 e. The van der Waals surface area contributed by atoms with Crippen molar-refractivity contribution in [1.29, 1.82) is 0 Å². The van der Waals surface area contributed by atoms with Crippen molar-refractivity contribution in [1.82, 2.24) is 8.87 Å². The number of aromatic carboxylic acids is 1. The van der Waals surface area contributed by atoms with Crippen LogP contribution < -0.4 is 0 Å². The predicted octanol–water partition coefficient (Wildman–Crippen LogP) is 2.16. The van der Waals surface area contributed by atoms with Crippen molar-refractivity contribution in [2.45, 2.75) is 63.6 Å². The first-order valence-corrected chi connectivity index (χ1v) is 8.70. The maximum absolute atomic E-state index is 12.8. The molecular weight excluding hydrogens is 292 g/mol. The molecule has 1 fully saturated rings. The normalized spacial score (nSPS) is 24.1. The lowest BCUT2D eigenvalue weighted by atomic mass is 10.0. The van der Waals surface area contributed by atoms with Crippen LogP contribution >= 0.6 is 0 Å². The Balaban J connectivity index is 2.46. The number of hydrogen-bond acceptors (Lipinski definition) is 3. The average Bonchev–Trinajstić information content (AvgIpc) is 2.83. The van der Waals surface area contributed by atoms with E-state index in [1.807, 2.05) is 13.8 Å². The third-order valence-electron chi connectivity index (χ3n) is 4.12. The lowest BCUT2D eigenvalue weighted by Gasteiger charge is -2.37. The van der Waals surface area contributed by atoms with Gasteiger partial charge in [0.25, 0.3) is 0 Å². The van der Waals surface area contributed by atoms with Gasteiger partial charge in [0.05, 0.1) is 0 Å². The van der Waals surface area contributed by atoms with Crippen LogP contribution in [0.5, 0.6) is 0 Å². The Labute approximate surface area is 125 Å². The van der Waals surface area contributed by atoms with Crippen molar-refractivity contribution in [3.05, 3.63) is 18.0 Å². The molecule has 0 saturated carbocycles. The van der Waals surface area contributed by atoms with E-state index in [-0.39, 0.29) is 22.7 Å². The van der Waals surface area contributed by atoms with Gasteiger partial charge < -0.3 is 9.67 Å². The predicted molar refractivity (Wildman–Crippen MR) is 78.9 cm³/mol. The first-order chi connectivity index (χ1) is 9.78. The molecule has 0 radical (unpaired) electrons. The Bertz CT molecular complexity index is 625. The van der Waals surface area contributed by atoms with Crippen LogP contribution in [0.1, 0.15) is 50.5 Å². The molecule has 2 heterocycles. The zero-order valence-corrected chi connectivity index (χ0v) is 13.4. The molecule has 1 saturated heterocycles. The Morgan fingerprint density at radius 3 is 2.33 bits per heavy atom. The number of carbonyl (C=O) groups is 1. The highest BCUT2D eigenvalue weighted by Gasteiger charge is 2.36. The van der Waals surface area contributed by atoms with Gasteiger partial charge in [-0.25, -0.2) is 13.2 Å². The zero-order chi connectivity index (χ0) is 15.8. The van der Waals surface area contributed by atoms with Crippen LogP contribution in [0.3, 0.4) is 0 Å². The molecule has 0 spiro atoms. The van der Waals surface area contributed by atoms with Gasteiger partial charge in [0, 0.05) is 24.8 Å². The highest BCUT2D eigenvalue weighted by molar-refractivity contribution is 7.89.